The summed E-state index contributed by atoms with van der Waals surface area (Å²) in [5.41, 5.74) is 2.93. The number of hydrogen-bond donors (Lipinski definition) is 1. The Labute approximate surface area is 243 Å². The van der Waals surface area contributed by atoms with Gasteiger partial charge in [-0.15, -0.1) is 0 Å². The Kier molecular flexibility index (Phi) is 8.35. The van der Waals surface area contributed by atoms with E-state index in [0.29, 0.717) is 30.6 Å². The zero-order valence-corrected chi connectivity index (χ0v) is 24.4. The van der Waals surface area contributed by atoms with Gasteiger partial charge in [-0.3, -0.25) is 9.59 Å². The predicted octanol–water partition coefficient (Wildman–Crippen LogP) is 7.59. The van der Waals surface area contributed by atoms with Crippen LogP contribution in [0.5, 0.6) is 5.75 Å². The van der Waals surface area contributed by atoms with Crippen molar-refractivity contribution in [2.24, 2.45) is 5.92 Å². The molecule has 1 aliphatic heterocycles. The Morgan fingerprint density at radius 2 is 1.76 bits per heavy atom. The lowest BCUT2D eigenvalue weighted by atomic mass is 9.83. The molecule has 6 heteroatoms. The standard InChI is InChI=1S/C35H39FN2O3/c1-23-10-7-16-30(36)31(23)34(40)38-21-9-15-29(33(39)37-26-12-8-11-25(22-26)35(2,3)4)32(38)24-17-19-28(20-18-24)41-27-13-5-6-14-27/h7,10-11,16-20,22,27,29,32H,5-6,9,13-15,21H2,1-4H3,(H,37,39). The van der Waals surface area contributed by atoms with Crippen molar-refractivity contribution in [3.8, 4) is 5.75 Å². The first-order chi connectivity index (χ1) is 19.6. The number of aryl methyl sites for hydroxylation is 1. The number of likely N-dealkylation sites (tertiary alicyclic amines) is 1. The summed E-state index contributed by atoms with van der Waals surface area (Å²) >= 11 is 0. The second kappa shape index (κ2) is 11.9. The van der Waals surface area contributed by atoms with Crippen molar-refractivity contribution in [1.29, 1.82) is 0 Å². The maximum Gasteiger partial charge on any atom is 0.257 e. The monoisotopic (exact) mass is 554 g/mol. The summed E-state index contributed by atoms with van der Waals surface area (Å²) < 4.78 is 21.1. The van der Waals surface area contributed by atoms with Crippen LogP contribution in [0.15, 0.2) is 54.6 Å². The number of halogens is 1. The van der Waals surface area contributed by atoms with E-state index in [2.05, 4.69) is 38.2 Å². The second-order valence-electron chi connectivity index (χ2n) is 12.4. The number of carbonyl (C=O) groups is 2. The molecule has 3 aromatic rings. The summed E-state index contributed by atoms with van der Waals surface area (Å²) in [6.45, 7) is 8.48. The third kappa shape index (κ3) is 6.40. The number of benzene rings is 2. The van der Waals surface area contributed by atoms with Crippen LogP contribution in [0.4, 0.5) is 10.1 Å². The highest BCUT2D eigenvalue weighted by Crippen LogP contribution is 2.39. The SMILES string of the molecule is Cc1cccc(F)c1C(=O)N1CCCC(C(=O)Nc2c#ccc(C(C)(C)C)c2)C1c1ccc(OC2CCCC2)cc1. The van der Waals surface area contributed by atoms with E-state index in [1.165, 1.54) is 18.9 Å². The molecule has 0 aromatic heterocycles. The third-order valence-corrected chi connectivity index (χ3v) is 8.35. The van der Waals surface area contributed by atoms with Gasteiger partial charge >= 0.3 is 0 Å². The Bertz CT molecular complexity index is 1370. The molecular formula is C35H39FN2O3. The van der Waals surface area contributed by atoms with Crippen molar-refractivity contribution >= 4 is 17.5 Å². The van der Waals surface area contributed by atoms with Crippen LogP contribution in [-0.2, 0) is 10.2 Å². The average Bonchev–Trinajstić information content (AvgIpc) is 3.46. The predicted molar refractivity (Wildman–Crippen MR) is 158 cm³/mol. The fraction of sp³-hybridized carbons (Fsp3) is 0.429. The summed E-state index contributed by atoms with van der Waals surface area (Å²) in [6, 6.07) is 21.7. The molecule has 214 valence electrons. The molecule has 1 saturated carbocycles. The molecule has 2 aliphatic rings. The molecule has 1 aliphatic carbocycles. The van der Waals surface area contributed by atoms with Gasteiger partial charge in [0.25, 0.3) is 5.91 Å². The van der Waals surface area contributed by atoms with Crippen molar-refractivity contribution in [2.75, 3.05) is 11.9 Å². The highest BCUT2D eigenvalue weighted by atomic mass is 19.1. The van der Waals surface area contributed by atoms with Crippen LogP contribution in [0.25, 0.3) is 0 Å². The highest BCUT2D eigenvalue weighted by molar-refractivity contribution is 5.98. The molecule has 2 fully saturated rings. The first kappa shape index (κ1) is 28.7. The molecule has 0 bridgehead atoms. The molecule has 2 unspecified atom stereocenters. The van der Waals surface area contributed by atoms with Crippen LogP contribution in [-0.4, -0.2) is 29.4 Å². The van der Waals surface area contributed by atoms with Crippen molar-refractivity contribution in [2.45, 2.75) is 83.8 Å². The number of carbonyl (C=O) groups excluding carboxylic acids is 2. The normalized spacial score (nSPS) is 19.5. The van der Waals surface area contributed by atoms with Gasteiger partial charge in [-0.05, 0) is 104 Å². The number of nitrogens with one attached hydrogen (secondary N) is 1. The van der Waals surface area contributed by atoms with Crippen LogP contribution < -0.4 is 10.1 Å². The van der Waals surface area contributed by atoms with Crippen LogP contribution in [0.1, 0.15) is 92.4 Å². The second-order valence-corrected chi connectivity index (χ2v) is 12.4. The van der Waals surface area contributed by atoms with Gasteiger partial charge < -0.3 is 15.0 Å². The number of amides is 2. The lowest BCUT2D eigenvalue weighted by Gasteiger charge is -2.41. The van der Waals surface area contributed by atoms with Gasteiger partial charge in [0, 0.05) is 6.54 Å². The van der Waals surface area contributed by atoms with Gasteiger partial charge in [-0.25, -0.2) is 4.39 Å². The topological polar surface area (TPSA) is 58.6 Å². The molecule has 1 N–H and O–H groups in total. The molecule has 2 atom stereocenters. The van der Waals surface area contributed by atoms with Crippen molar-refractivity contribution in [3.05, 3.63) is 94.8 Å². The van der Waals surface area contributed by atoms with Gasteiger partial charge in [0.1, 0.15) is 11.6 Å². The lowest BCUT2D eigenvalue weighted by molar-refractivity contribution is -0.123. The largest absolute Gasteiger partial charge is 0.490 e. The zero-order chi connectivity index (χ0) is 29.1. The van der Waals surface area contributed by atoms with Crippen LogP contribution in [0, 0.1) is 30.8 Å². The molecular weight excluding hydrogens is 515 g/mol. The van der Waals surface area contributed by atoms with E-state index in [4.69, 9.17) is 4.74 Å². The number of ether oxygens (including phenoxy) is 1. The van der Waals surface area contributed by atoms with E-state index < -0.39 is 23.7 Å². The Balaban J connectivity index is 1.47. The van der Waals surface area contributed by atoms with E-state index in [0.717, 1.165) is 29.7 Å². The van der Waals surface area contributed by atoms with E-state index in [9.17, 15) is 14.0 Å². The minimum atomic E-state index is -0.564. The highest BCUT2D eigenvalue weighted by Gasteiger charge is 2.40. The summed E-state index contributed by atoms with van der Waals surface area (Å²) in [5.74, 6) is -0.897. The van der Waals surface area contributed by atoms with Gasteiger partial charge in [-0.1, -0.05) is 51.1 Å². The van der Waals surface area contributed by atoms with Crippen molar-refractivity contribution in [3.63, 3.8) is 0 Å². The van der Waals surface area contributed by atoms with Gasteiger partial charge in [0.15, 0.2) is 0 Å². The van der Waals surface area contributed by atoms with Crippen LogP contribution in [0.3, 0.4) is 0 Å². The number of nitrogens with zero attached hydrogens (tertiary/aromatic N) is 1. The molecule has 5 rings (SSSR count). The molecule has 1 heterocycles. The summed E-state index contributed by atoms with van der Waals surface area (Å²) in [6.07, 6.45) is 5.94. The first-order valence-corrected chi connectivity index (χ1v) is 14.7. The van der Waals surface area contributed by atoms with E-state index in [1.54, 1.807) is 24.0 Å². The Morgan fingerprint density at radius 3 is 2.44 bits per heavy atom. The summed E-state index contributed by atoms with van der Waals surface area (Å²) in [5, 5.41) is 3.04. The maximum absolute atomic E-state index is 15.0. The minimum Gasteiger partial charge on any atom is -0.490 e. The van der Waals surface area contributed by atoms with Crippen LogP contribution >= 0.6 is 0 Å². The Morgan fingerprint density at radius 1 is 1.02 bits per heavy atom. The first-order valence-electron chi connectivity index (χ1n) is 14.7. The van der Waals surface area contributed by atoms with Gasteiger partial charge in [-0.2, -0.15) is 0 Å². The summed E-state index contributed by atoms with van der Waals surface area (Å²) in [7, 11) is 0. The molecule has 2 amide bonds. The number of anilines is 1. The average molecular weight is 555 g/mol. The minimum absolute atomic E-state index is 0.0561. The zero-order valence-electron chi connectivity index (χ0n) is 24.4. The third-order valence-electron chi connectivity index (χ3n) is 8.35. The quantitative estimate of drug-likeness (QED) is 0.342. The molecule has 0 radical (unpaired) electrons. The fourth-order valence-electron chi connectivity index (χ4n) is 6.05. The maximum atomic E-state index is 15.0. The number of rotatable bonds is 6. The molecule has 0 spiro atoms. The molecule has 1 saturated heterocycles. The molecule has 3 aromatic carbocycles. The fourth-order valence-corrected chi connectivity index (χ4v) is 6.05. The lowest BCUT2D eigenvalue weighted by Crippen LogP contribution is -2.46. The van der Waals surface area contributed by atoms with Crippen molar-refractivity contribution < 1.29 is 18.7 Å². The molecule has 41 heavy (non-hydrogen) atoms. The number of piperidine rings is 1. The van der Waals surface area contributed by atoms with Gasteiger partial charge in [0.2, 0.25) is 5.91 Å². The van der Waals surface area contributed by atoms with Gasteiger partial charge in [0.05, 0.1) is 29.3 Å². The van der Waals surface area contributed by atoms with E-state index >= 15 is 0 Å². The van der Waals surface area contributed by atoms with Crippen molar-refractivity contribution in [1.82, 2.24) is 4.90 Å². The summed E-state index contributed by atoms with van der Waals surface area (Å²) in [4.78, 5) is 29.5. The Hall–Kier alpha value is -3.85. The number of hydrogen-bond acceptors (Lipinski definition) is 3. The van der Waals surface area contributed by atoms with E-state index in [1.807, 2.05) is 36.4 Å². The smallest absolute Gasteiger partial charge is 0.257 e. The molecule has 5 nitrogen and oxygen atoms in total. The van der Waals surface area contributed by atoms with E-state index in [-0.39, 0.29) is 23.0 Å². The van der Waals surface area contributed by atoms with Crippen LogP contribution in [0.2, 0.25) is 0 Å².